The van der Waals surface area contributed by atoms with Gasteiger partial charge in [-0.25, -0.2) is 0 Å². The van der Waals surface area contributed by atoms with Crippen LogP contribution < -0.4 is 14.5 Å². The Morgan fingerprint density at radius 2 is 0.621 bits per heavy atom. The fourth-order valence-corrected chi connectivity index (χ4v) is 7.71. The van der Waals surface area contributed by atoms with Gasteiger partial charge >= 0.3 is 0 Å². The first-order chi connectivity index (χ1) is 28.4. The predicted octanol–water partition coefficient (Wildman–Crippen LogP) is 15.8. The van der Waals surface area contributed by atoms with Gasteiger partial charge in [0.05, 0.1) is 6.61 Å². The lowest BCUT2D eigenvalue weighted by atomic mass is 9.85. The average Bonchev–Trinajstić information content (AvgIpc) is 3.25. The predicted molar refractivity (Wildman–Crippen MR) is 247 cm³/mol. The van der Waals surface area contributed by atoms with Crippen LogP contribution in [0, 0.1) is 27.7 Å². The van der Waals surface area contributed by atoms with Gasteiger partial charge < -0.3 is 14.5 Å². The second-order valence-electron chi connectivity index (χ2n) is 15.8. The summed E-state index contributed by atoms with van der Waals surface area (Å²) >= 11 is 0. The van der Waals surface area contributed by atoms with Crippen molar-refractivity contribution in [3.8, 4) is 5.75 Å². The number of hydrogen-bond donors (Lipinski definition) is 0. The molecule has 0 fully saturated rings. The van der Waals surface area contributed by atoms with E-state index in [0.29, 0.717) is 0 Å². The van der Waals surface area contributed by atoms with E-state index in [1.807, 2.05) is 0 Å². The van der Waals surface area contributed by atoms with E-state index in [1.165, 1.54) is 71.0 Å². The van der Waals surface area contributed by atoms with Crippen molar-refractivity contribution < 1.29 is 4.74 Å². The minimum absolute atomic E-state index is 0.0233. The number of hydrogen-bond acceptors (Lipinski definition) is 3. The lowest BCUT2D eigenvalue weighted by Crippen LogP contribution is -2.11. The molecule has 7 aromatic rings. The highest BCUT2D eigenvalue weighted by atomic mass is 16.5. The van der Waals surface area contributed by atoms with Gasteiger partial charge in [0.2, 0.25) is 0 Å². The monoisotopic (exact) mass is 762 g/mol. The topological polar surface area (TPSA) is 15.7 Å². The molecule has 7 rings (SSSR count). The fraction of sp³-hybridized carbons (Fsp3) is 0.236. The first-order valence-corrected chi connectivity index (χ1v) is 21.2. The Kier molecular flexibility index (Phi) is 13.4. The maximum absolute atomic E-state index is 6.23. The summed E-state index contributed by atoms with van der Waals surface area (Å²) in [6.07, 6.45) is 7.53. The van der Waals surface area contributed by atoms with Crippen LogP contribution in [0.15, 0.2) is 170 Å². The molecule has 0 amide bonds. The van der Waals surface area contributed by atoms with Gasteiger partial charge in [-0.05, 0) is 136 Å². The maximum atomic E-state index is 6.23. The molecule has 0 radical (unpaired) electrons. The molecular formula is C55H58N2O. The highest BCUT2D eigenvalue weighted by molar-refractivity contribution is 5.78. The summed E-state index contributed by atoms with van der Waals surface area (Å²) in [5.74, 6) is 0.954. The second-order valence-corrected chi connectivity index (χ2v) is 15.8. The molecule has 58 heavy (non-hydrogen) atoms. The van der Waals surface area contributed by atoms with Gasteiger partial charge in [-0.2, -0.15) is 0 Å². The van der Waals surface area contributed by atoms with E-state index in [1.54, 1.807) is 0 Å². The number of rotatable bonds is 17. The van der Waals surface area contributed by atoms with Crippen molar-refractivity contribution in [2.24, 2.45) is 0 Å². The largest absolute Gasteiger partial charge is 0.494 e. The van der Waals surface area contributed by atoms with Crippen molar-refractivity contribution in [1.29, 1.82) is 0 Å². The third kappa shape index (κ3) is 10.1. The first-order valence-electron chi connectivity index (χ1n) is 21.2. The molecule has 0 spiro atoms. The van der Waals surface area contributed by atoms with Crippen molar-refractivity contribution in [1.82, 2.24) is 0 Å². The summed E-state index contributed by atoms with van der Waals surface area (Å²) < 4.78 is 6.23. The summed E-state index contributed by atoms with van der Waals surface area (Å²) in [5, 5.41) is 0. The molecule has 0 bridgehead atoms. The molecule has 0 saturated heterocycles. The van der Waals surface area contributed by atoms with Gasteiger partial charge in [-0.1, -0.05) is 146 Å². The number of aryl methyl sites for hydroxylation is 4. The highest BCUT2D eigenvalue weighted by Gasteiger charge is 2.20. The Balaban J connectivity index is 1.22. The molecule has 3 nitrogen and oxygen atoms in total. The number of nitrogens with zero attached hydrogens (tertiary/aromatic N) is 2. The summed E-state index contributed by atoms with van der Waals surface area (Å²) in [6.45, 7) is 11.6. The summed E-state index contributed by atoms with van der Waals surface area (Å²) in [4.78, 5) is 4.68. The Hall–Kier alpha value is -6.06. The van der Waals surface area contributed by atoms with Crippen molar-refractivity contribution in [2.75, 3.05) is 16.4 Å². The zero-order valence-corrected chi connectivity index (χ0v) is 35.0. The quantitative estimate of drug-likeness (QED) is 0.0679. The van der Waals surface area contributed by atoms with E-state index in [2.05, 4.69) is 214 Å². The van der Waals surface area contributed by atoms with Crippen LogP contribution in [-0.4, -0.2) is 6.61 Å². The minimum Gasteiger partial charge on any atom is -0.494 e. The molecule has 0 heterocycles. The number of unbranched alkanes of at least 4 members (excludes halogenated alkanes) is 5. The van der Waals surface area contributed by atoms with Crippen molar-refractivity contribution in [3.05, 3.63) is 209 Å². The molecular weight excluding hydrogens is 705 g/mol. The second kappa shape index (κ2) is 19.4. The van der Waals surface area contributed by atoms with Gasteiger partial charge in [-0.3, -0.25) is 0 Å². The van der Waals surface area contributed by atoms with Crippen LogP contribution in [0.5, 0.6) is 5.75 Å². The Morgan fingerprint density at radius 1 is 0.345 bits per heavy atom. The standard InChI is InChI=1S/C55H58N2O/c1-6-7-8-9-10-11-40-58-54-38-24-47(25-39-54)55(45-20-34-52(35-21-45)56(48-26-12-41(2)13-27-48)49-28-14-42(3)15-29-49)46-22-36-53(37-23-46)57(50-30-16-43(4)17-31-50)51-32-18-44(5)19-33-51/h12-39,55H,6-11,40H2,1-5H3. The molecule has 294 valence electrons. The van der Waals surface area contributed by atoms with Crippen molar-refractivity contribution in [2.45, 2.75) is 79.1 Å². The molecule has 0 saturated carbocycles. The van der Waals surface area contributed by atoms with E-state index in [-0.39, 0.29) is 5.92 Å². The lowest BCUT2D eigenvalue weighted by Gasteiger charge is -2.27. The zero-order valence-electron chi connectivity index (χ0n) is 35.0. The average molecular weight is 763 g/mol. The van der Waals surface area contributed by atoms with E-state index in [0.717, 1.165) is 52.9 Å². The van der Waals surface area contributed by atoms with Crippen LogP contribution in [0.3, 0.4) is 0 Å². The SMILES string of the molecule is CCCCCCCCOc1ccc(C(c2ccc(N(c3ccc(C)cc3)c3ccc(C)cc3)cc2)c2ccc(N(c3ccc(C)cc3)c3ccc(C)cc3)cc2)cc1. The lowest BCUT2D eigenvalue weighted by molar-refractivity contribution is 0.304. The van der Waals surface area contributed by atoms with Crippen molar-refractivity contribution in [3.63, 3.8) is 0 Å². The zero-order chi connectivity index (χ0) is 40.3. The fourth-order valence-electron chi connectivity index (χ4n) is 7.71. The van der Waals surface area contributed by atoms with Crippen LogP contribution in [-0.2, 0) is 0 Å². The number of benzene rings is 7. The smallest absolute Gasteiger partial charge is 0.119 e. The van der Waals surface area contributed by atoms with Gasteiger partial charge in [0.1, 0.15) is 5.75 Å². The van der Waals surface area contributed by atoms with Crippen LogP contribution >= 0.6 is 0 Å². The Morgan fingerprint density at radius 3 is 0.948 bits per heavy atom. The third-order valence-corrected chi connectivity index (χ3v) is 11.1. The van der Waals surface area contributed by atoms with Crippen LogP contribution in [0.1, 0.15) is 90.3 Å². The maximum Gasteiger partial charge on any atom is 0.119 e. The molecule has 7 aromatic carbocycles. The Bertz CT molecular complexity index is 2060. The molecule has 3 heteroatoms. The summed E-state index contributed by atoms with van der Waals surface area (Å²) in [5.41, 5.74) is 15.5. The molecule has 0 unspecified atom stereocenters. The van der Waals surface area contributed by atoms with Gasteiger partial charge in [0, 0.05) is 40.0 Å². The van der Waals surface area contributed by atoms with Gasteiger partial charge in [0.25, 0.3) is 0 Å². The number of anilines is 6. The minimum atomic E-state index is 0.0233. The van der Waals surface area contributed by atoms with E-state index >= 15 is 0 Å². The van der Waals surface area contributed by atoms with Crippen LogP contribution in [0.4, 0.5) is 34.1 Å². The molecule has 0 aliphatic carbocycles. The summed E-state index contributed by atoms with van der Waals surface area (Å²) in [6, 6.07) is 62.2. The third-order valence-electron chi connectivity index (χ3n) is 11.1. The van der Waals surface area contributed by atoms with E-state index < -0.39 is 0 Å². The summed E-state index contributed by atoms with van der Waals surface area (Å²) in [7, 11) is 0. The number of ether oxygens (including phenoxy) is 1. The van der Waals surface area contributed by atoms with E-state index in [9.17, 15) is 0 Å². The molecule has 0 atom stereocenters. The molecule has 0 aromatic heterocycles. The highest BCUT2D eigenvalue weighted by Crippen LogP contribution is 2.40. The molecule has 0 aliphatic heterocycles. The van der Waals surface area contributed by atoms with Crippen molar-refractivity contribution >= 4 is 34.1 Å². The molecule has 0 N–H and O–H groups in total. The van der Waals surface area contributed by atoms with Crippen LogP contribution in [0.2, 0.25) is 0 Å². The van der Waals surface area contributed by atoms with E-state index in [4.69, 9.17) is 4.74 Å². The first kappa shape index (κ1) is 40.1. The Labute approximate surface area is 347 Å². The molecule has 0 aliphatic rings. The van der Waals surface area contributed by atoms with Gasteiger partial charge in [-0.15, -0.1) is 0 Å². The van der Waals surface area contributed by atoms with Crippen LogP contribution in [0.25, 0.3) is 0 Å². The normalized spacial score (nSPS) is 11.1. The van der Waals surface area contributed by atoms with Gasteiger partial charge in [0.15, 0.2) is 0 Å².